The van der Waals surface area contributed by atoms with Gasteiger partial charge in [-0.3, -0.25) is 9.78 Å². The molecule has 2 N–H and O–H groups in total. The molecule has 0 amide bonds. The molecule has 4 nitrogen and oxygen atoms in total. The highest BCUT2D eigenvalue weighted by Crippen LogP contribution is 2.17. The summed E-state index contributed by atoms with van der Waals surface area (Å²) in [4.78, 5) is 26.7. The molecule has 0 spiro atoms. The molecule has 2 rings (SSSR count). The Labute approximate surface area is 89.8 Å². The van der Waals surface area contributed by atoms with Gasteiger partial charge in [0.2, 0.25) is 0 Å². The van der Waals surface area contributed by atoms with Crippen LogP contribution in [-0.4, -0.2) is 9.97 Å². The van der Waals surface area contributed by atoms with Crippen LogP contribution in [0.5, 0.6) is 0 Å². The summed E-state index contributed by atoms with van der Waals surface area (Å²) < 4.78 is 13.3. The molecule has 0 atom stereocenters. The van der Waals surface area contributed by atoms with E-state index in [2.05, 4.69) is 9.97 Å². The number of nitrogens with one attached hydrogen (secondary N) is 2. The molecule has 0 fully saturated rings. The Bertz CT molecular complexity index is 643. The minimum absolute atomic E-state index is 0.235. The molecule has 16 heavy (non-hydrogen) atoms. The second kappa shape index (κ2) is 3.77. The second-order valence-corrected chi connectivity index (χ2v) is 3.45. The van der Waals surface area contributed by atoms with Crippen LogP contribution in [0, 0.1) is 12.7 Å². The highest BCUT2D eigenvalue weighted by atomic mass is 19.1. The summed E-state index contributed by atoms with van der Waals surface area (Å²) in [6, 6.07) is 4.47. The first kappa shape index (κ1) is 10.4. The molecule has 1 heterocycles. The first-order valence-corrected chi connectivity index (χ1v) is 4.66. The molecule has 0 saturated carbocycles. The van der Waals surface area contributed by atoms with Crippen LogP contribution >= 0.6 is 0 Å². The van der Waals surface area contributed by atoms with Crippen LogP contribution in [0.2, 0.25) is 0 Å². The fourth-order valence-corrected chi connectivity index (χ4v) is 1.38. The Morgan fingerprint density at radius 3 is 2.62 bits per heavy atom. The lowest BCUT2D eigenvalue weighted by Crippen LogP contribution is -2.22. The molecule has 1 aromatic heterocycles. The molecule has 0 aliphatic carbocycles. The highest BCUT2D eigenvalue weighted by molar-refractivity contribution is 5.61. The van der Waals surface area contributed by atoms with Crippen LogP contribution in [0.25, 0.3) is 11.1 Å². The van der Waals surface area contributed by atoms with Crippen LogP contribution in [0.1, 0.15) is 5.56 Å². The summed E-state index contributed by atoms with van der Waals surface area (Å²) in [6.07, 6.45) is 1.27. The lowest BCUT2D eigenvalue weighted by atomic mass is 10.1. The number of benzene rings is 1. The van der Waals surface area contributed by atoms with Gasteiger partial charge in [-0.15, -0.1) is 0 Å². The van der Waals surface area contributed by atoms with Gasteiger partial charge in [0, 0.05) is 6.20 Å². The maximum absolute atomic E-state index is 13.3. The number of aromatic nitrogens is 2. The summed E-state index contributed by atoms with van der Waals surface area (Å²) in [5.74, 6) is -0.386. The van der Waals surface area contributed by atoms with E-state index in [1.54, 1.807) is 19.1 Å². The molecule has 2 aromatic rings. The normalized spacial score (nSPS) is 10.4. The van der Waals surface area contributed by atoms with Crippen LogP contribution in [-0.2, 0) is 0 Å². The number of halogens is 1. The third-order valence-electron chi connectivity index (χ3n) is 2.30. The molecule has 0 aliphatic rings. The zero-order valence-corrected chi connectivity index (χ0v) is 8.50. The number of rotatable bonds is 1. The smallest absolute Gasteiger partial charge is 0.313 e. The second-order valence-electron chi connectivity index (χ2n) is 3.45. The van der Waals surface area contributed by atoms with Crippen LogP contribution < -0.4 is 11.2 Å². The van der Waals surface area contributed by atoms with Crippen molar-refractivity contribution < 1.29 is 4.39 Å². The average molecular weight is 220 g/mol. The molecule has 0 radical (unpaired) electrons. The van der Waals surface area contributed by atoms with E-state index in [0.29, 0.717) is 11.1 Å². The summed E-state index contributed by atoms with van der Waals surface area (Å²) in [5.41, 5.74) is 0.0528. The standard InChI is InChI=1S/C11H9FN2O2/c1-6-2-3-7(4-9(6)12)8-5-13-11(16)14-10(8)15/h2-5H,1H3,(H2,13,14,15,16). The number of aryl methyl sites for hydroxylation is 1. The molecule has 5 heteroatoms. The van der Waals surface area contributed by atoms with E-state index in [0.717, 1.165) is 0 Å². The van der Waals surface area contributed by atoms with E-state index in [4.69, 9.17) is 0 Å². The summed E-state index contributed by atoms with van der Waals surface area (Å²) >= 11 is 0. The van der Waals surface area contributed by atoms with E-state index in [1.807, 2.05) is 0 Å². The SMILES string of the molecule is Cc1ccc(-c2c[nH]c(=O)[nH]c2=O)cc1F. The Balaban J connectivity index is 2.63. The minimum atomic E-state index is -0.582. The van der Waals surface area contributed by atoms with Gasteiger partial charge >= 0.3 is 5.69 Å². The zero-order chi connectivity index (χ0) is 11.7. The maximum atomic E-state index is 13.3. The van der Waals surface area contributed by atoms with Gasteiger partial charge in [-0.1, -0.05) is 12.1 Å². The van der Waals surface area contributed by atoms with E-state index >= 15 is 0 Å². The summed E-state index contributed by atoms with van der Waals surface area (Å²) in [7, 11) is 0. The van der Waals surface area contributed by atoms with Gasteiger partial charge < -0.3 is 4.98 Å². The molecule has 0 aliphatic heterocycles. The van der Waals surface area contributed by atoms with Crippen molar-refractivity contribution in [2.45, 2.75) is 6.92 Å². The largest absolute Gasteiger partial charge is 0.325 e. The van der Waals surface area contributed by atoms with Crippen LogP contribution in [0.3, 0.4) is 0 Å². The Hall–Kier alpha value is -2.17. The van der Waals surface area contributed by atoms with E-state index in [1.165, 1.54) is 12.3 Å². The summed E-state index contributed by atoms with van der Waals surface area (Å²) in [5, 5.41) is 0. The van der Waals surface area contributed by atoms with E-state index in [9.17, 15) is 14.0 Å². The predicted octanol–water partition coefficient (Wildman–Crippen LogP) is 1.18. The quantitative estimate of drug-likeness (QED) is 0.757. The van der Waals surface area contributed by atoms with Crippen molar-refractivity contribution in [1.29, 1.82) is 0 Å². The van der Waals surface area contributed by atoms with Crippen molar-refractivity contribution in [3.05, 3.63) is 56.6 Å². The Kier molecular flexibility index (Phi) is 2.44. The lowest BCUT2D eigenvalue weighted by molar-refractivity contribution is 0.619. The predicted molar refractivity (Wildman–Crippen MR) is 57.8 cm³/mol. The molecule has 1 aromatic carbocycles. The third-order valence-corrected chi connectivity index (χ3v) is 2.30. The fraction of sp³-hybridized carbons (Fsp3) is 0.0909. The molecule has 82 valence electrons. The minimum Gasteiger partial charge on any atom is -0.313 e. The van der Waals surface area contributed by atoms with Gasteiger partial charge in [0.05, 0.1) is 5.56 Å². The molecule has 0 bridgehead atoms. The van der Waals surface area contributed by atoms with Crippen molar-refractivity contribution in [3.63, 3.8) is 0 Å². The topological polar surface area (TPSA) is 65.7 Å². The number of aromatic amines is 2. The maximum Gasteiger partial charge on any atom is 0.325 e. The van der Waals surface area contributed by atoms with Gasteiger partial charge in [0.15, 0.2) is 0 Å². The third kappa shape index (κ3) is 1.79. The van der Waals surface area contributed by atoms with Gasteiger partial charge in [-0.05, 0) is 24.1 Å². The van der Waals surface area contributed by atoms with Gasteiger partial charge in [-0.25, -0.2) is 9.18 Å². The van der Waals surface area contributed by atoms with Crippen molar-refractivity contribution in [3.8, 4) is 11.1 Å². The van der Waals surface area contributed by atoms with Crippen molar-refractivity contribution in [1.82, 2.24) is 9.97 Å². The van der Waals surface area contributed by atoms with Gasteiger partial charge in [-0.2, -0.15) is 0 Å². The summed E-state index contributed by atoms with van der Waals surface area (Å²) in [6.45, 7) is 1.64. The number of hydrogen-bond acceptors (Lipinski definition) is 2. The molecular weight excluding hydrogens is 211 g/mol. The number of H-pyrrole nitrogens is 2. The van der Waals surface area contributed by atoms with Gasteiger partial charge in [0.25, 0.3) is 5.56 Å². The monoisotopic (exact) mass is 220 g/mol. The number of hydrogen-bond donors (Lipinski definition) is 2. The first-order chi connectivity index (χ1) is 7.58. The van der Waals surface area contributed by atoms with Gasteiger partial charge in [0.1, 0.15) is 5.82 Å². The Morgan fingerprint density at radius 1 is 1.25 bits per heavy atom. The van der Waals surface area contributed by atoms with Crippen LogP contribution in [0.15, 0.2) is 34.0 Å². The fourth-order valence-electron chi connectivity index (χ4n) is 1.38. The molecular formula is C11H9FN2O2. The van der Waals surface area contributed by atoms with Crippen LogP contribution in [0.4, 0.5) is 4.39 Å². The van der Waals surface area contributed by atoms with Crippen molar-refractivity contribution in [2.24, 2.45) is 0 Å². The molecule has 0 saturated heterocycles. The average Bonchev–Trinajstić information content (AvgIpc) is 2.22. The van der Waals surface area contributed by atoms with Crippen molar-refractivity contribution >= 4 is 0 Å². The molecule has 0 unspecified atom stereocenters. The highest BCUT2D eigenvalue weighted by Gasteiger charge is 2.06. The van der Waals surface area contributed by atoms with E-state index in [-0.39, 0.29) is 11.4 Å². The van der Waals surface area contributed by atoms with E-state index < -0.39 is 11.2 Å². The Morgan fingerprint density at radius 2 is 2.00 bits per heavy atom. The first-order valence-electron chi connectivity index (χ1n) is 4.66. The lowest BCUT2D eigenvalue weighted by Gasteiger charge is -2.01. The zero-order valence-electron chi connectivity index (χ0n) is 8.50. The van der Waals surface area contributed by atoms with Crippen molar-refractivity contribution in [2.75, 3.05) is 0 Å².